The second kappa shape index (κ2) is 4.06. The molecule has 6 heteroatoms. The zero-order chi connectivity index (χ0) is 11.7. The first-order valence-corrected chi connectivity index (χ1v) is 5.32. The molecule has 0 radical (unpaired) electrons. The van der Waals surface area contributed by atoms with E-state index in [0.717, 1.165) is 22.9 Å². The lowest BCUT2D eigenvalue weighted by atomic mass is 10.3. The summed E-state index contributed by atoms with van der Waals surface area (Å²) in [7, 11) is 1.87. The second-order valence-electron chi connectivity index (χ2n) is 3.72. The first-order chi connectivity index (χ1) is 8.36. The van der Waals surface area contributed by atoms with Crippen LogP contribution in [-0.4, -0.2) is 28.8 Å². The highest BCUT2D eigenvalue weighted by Crippen LogP contribution is 2.33. The number of aromatic nitrogens is 3. The molecule has 1 N–H and O–H groups in total. The molecule has 0 unspecified atom stereocenters. The van der Waals surface area contributed by atoms with Crippen molar-refractivity contribution in [3.8, 4) is 17.2 Å². The predicted octanol–water partition coefficient (Wildman–Crippen LogP) is 0.715. The smallest absolute Gasteiger partial charge is 0.231 e. The number of hydrogen-bond donors (Lipinski definition) is 1. The lowest BCUT2D eigenvalue weighted by Crippen LogP contribution is -2.04. The predicted molar refractivity (Wildman–Crippen MR) is 60.2 cm³/mol. The third kappa shape index (κ3) is 1.83. The number of rotatable bonds is 3. The van der Waals surface area contributed by atoms with Gasteiger partial charge in [-0.2, -0.15) is 0 Å². The third-order valence-corrected chi connectivity index (χ3v) is 2.52. The molecule has 0 atom stereocenters. The summed E-state index contributed by atoms with van der Waals surface area (Å²) in [4.78, 5) is 0. The standard InChI is InChI=1S/C11H12N4O2/c1-12-5-8-6-15(14-13-8)9-2-3-10-11(4-9)17-7-16-10/h2-4,6,12H,5,7H2,1H3. The molecule has 0 spiro atoms. The molecule has 3 rings (SSSR count). The van der Waals surface area contributed by atoms with Gasteiger partial charge >= 0.3 is 0 Å². The maximum absolute atomic E-state index is 5.32. The van der Waals surface area contributed by atoms with Crippen LogP contribution in [0.15, 0.2) is 24.4 Å². The van der Waals surface area contributed by atoms with Crippen LogP contribution in [0.4, 0.5) is 0 Å². The van der Waals surface area contributed by atoms with E-state index >= 15 is 0 Å². The molecular weight excluding hydrogens is 220 g/mol. The fraction of sp³-hybridized carbons (Fsp3) is 0.273. The average molecular weight is 232 g/mol. The third-order valence-electron chi connectivity index (χ3n) is 2.52. The lowest BCUT2D eigenvalue weighted by molar-refractivity contribution is 0.174. The van der Waals surface area contributed by atoms with E-state index in [1.165, 1.54) is 0 Å². The maximum Gasteiger partial charge on any atom is 0.231 e. The van der Waals surface area contributed by atoms with Crippen molar-refractivity contribution in [1.29, 1.82) is 0 Å². The molecule has 0 fully saturated rings. The molecule has 1 aromatic carbocycles. The van der Waals surface area contributed by atoms with Gasteiger partial charge in [-0.15, -0.1) is 5.10 Å². The molecular formula is C11H12N4O2. The topological polar surface area (TPSA) is 61.2 Å². The van der Waals surface area contributed by atoms with Gasteiger partial charge in [-0.1, -0.05) is 5.21 Å². The number of benzene rings is 1. The number of fused-ring (bicyclic) bond motifs is 1. The summed E-state index contributed by atoms with van der Waals surface area (Å²) in [6.07, 6.45) is 1.88. The highest BCUT2D eigenvalue weighted by atomic mass is 16.7. The van der Waals surface area contributed by atoms with E-state index in [1.807, 2.05) is 31.4 Å². The number of nitrogens with zero attached hydrogens (tertiary/aromatic N) is 3. The summed E-state index contributed by atoms with van der Waals surface area (Å²) in [5.41, 5.74) is 1.80. The molecule has 6 nitrogen and oxygen atoms in total. The van der Waals surface area contributed by atoms with Crippen molar-refractivity contribution in [2.45, 2.75) is 6.54 Å². The Labute approximate surface area is 98.1 Å². The summed E-state index contributed by atoms with van der Waals surface area (Å²) >= 11 is 0. The van der Waals surface area contributed by atoms with Gasteiger partial charge in [0.15, 0.2) is 11.5 Å². The summed E-state index contributed by atoms with van der Waals surface area (Å²) in [6, 6.07) is 5.68. The van der Waals surface area contributed by atoms with Crippen LogP contribution < -0.4 is 14.8 Å². The fourth-order valence-corrected chi connectivity index (χ4v) is 1.71. The van der Waals surface area contributed by atoms with Gasteiger partial charge in [0, 0.05) is 12.6 Å². The van der Waals surface area contributed by atoms with Crippen molar-refractivity contribution in [3.05, 3.63) is 30.1 Å². The molecule has 2 aromatic rings. The van der Waals surface area contributed by atoms with Gasteiger partial charge in [0.1, 0.15) is 0 Å². The van der Waals surface area contributed by atoms with Crippen molar-refractivity contribution in [3.63, 3.8) is 0 Å². The molecule has 88 valence electrons. The zero-order valence-electron chi connectivity index (χ0n) is 9.38. The van der Waals surface area contributed by atoms with E-state index in [4.69, 9.17) is 9.47 Å². The molecule has 0 amide bonds. The Balaban J connectivity index is 1.92. The summed E-state index contributed by atoms with van der Waals surface area (Å²) < 4.78 is 12.3. The van der Waals surface area contributed by atoms with Crippen LogP contribution in [0.25, 0.3) is 5.69 Å². The van der Waals surface area contributed by atoms with Gasteiger partial charge in [-0.05, 0) is 19.2 Å². The molecule has 0 saturated carbocycles. The second-order valence-corrected chi connectivity index (χ2v) is 3.72. The van der Waals surface area contributed by atoms with Gasteiger partial charge in [0.25, 0.3) is 0 Å². The molecule has 0 saturated heterocycles. The van der Waals surface area contributed by atoms with Gasteiger partial charge in [0.2, 0.25) is 6.79 Å². The van der Waals surface area contributed by atoms with Crippen LogP contribution in [0.3, 0.4) is 0 Å². The lowest BCUT2D eigenvalue weighted by Gasteiger charge is -2.01. The van der Waals surface area contributed by atoms with Crippen LogP contribution in [-0.2, 0) is 6.54 Å². The molecule has 17 heavy (non-hydrogen) atoms. The Morgan fingerprint density at radius 3 is 3.12 bits per heavy atom. The van der Waals surface area contributed by atoms with Crippen LogP contribution in [0.5, 0.6) is 11.5 Å². The first kappa shape index (κ1) is 10.1. The van der Waals surface area contributed by atoms with Gasteiger partial charge < -0.3 is 14.8 Å². The Morgan fingerprint density at radius 2 is 2.24 bits per heavy atom. The summed E-state index contributed by atoms with van der Waals surface area (Å²) in [5, 5.41) is 11.1. The Bertz CT molecular complexity index is 538. The Hall–Kier alpha value is -2.08. The van der Waals surface area contributed by atoms with Crippen LogP contribution in [0, 0.1) is 0 Å². The number of ether oxygens (including phenoxy) is 2. The van der Waals surface area contributed by atoms with Crippen LogP contribution >= 0.6 is 0 Å². The minimum atomic E-state index is 0.279. The molecule has 1 aliphatic heterocycles. The van der Waals surface area contributed by atoms with E-state index in [1.54, 1.807) is 4.68 Å². The Morgan fingerprint density at radius 1 is 1.35 bits per heavy atom. The monoisotopic (exact) mass is 232 g/mol. The minimum Gasteiger partial charge on any atom is -0.454 e. The molecule has 2 heterocycles. The van der Waals surface area contributed by atoms with E-state index in [9.17, 15) is 0 Å². The van der Waals surface area contributed by atoms with E-state index in [0.29, 0.717) is 6.54 Å². The zero-order valence-corrected chi connectivity index (χ0v) is 9.38. The highest BCUT2D eigenvalue weighted by molar-refractivity contribution is 5.49. The fourth-order valence-electron chi connectivity index (χ4n) is 1.71. The normalized spacial score (nSPS) is 13.0. The van der Waals surface area contributed by atoms with Crippen molar-refractivity contribution in [2.75, 3.05) is 13.8 Å². The van der Waals surface area contributed by atoms with Crippen molar-refractivity contribution in [1.82, 2.24) is 20.3 Å². The molecule has 1 aromatic heterocycles. The molecule has 0 aliphatic carbocycles. The van der Waals surface area contributed by atoms with Gasteiger partial charge in [-0.3, -0.25) is 0 Å². The molecule has 0 bridgehead atoms. The van der Waals surface area contributed by atoms with Crippen molar-refractivity contribution >= 4 is 0 Å². The van der Waals surface area contributed by atoms with Gasteiger partial charge in [0.05, 0.1) is 17.6 Å². The van der Waals surface area contributed by atoms with E-state index < -0.39 is 0 Å². The largest absolute Gasteiger partial charge is 0.454 e. The Kier molecular flexibility index (Phi) is 2.41. The van der Waals surface area contributed by atoms with Gasteiger partial charge in [-0.25, -0.2) is 4.68 Å². The highest BCUT2D eigenvalue weighted by Gasteiger charge is 2.14. The first-order valence-electron chi connectivity index (χ1n) is 5.32. The van der Waals surface area contributed by atoms with E-state index in [-0.39, 0.29) is 6.79 Å². The van der Waals surface area contributed by atoms with Crippen molar-refractivity contribution < 1.29 is 9.47 Å². The van der Waals surface area contributed by atoms with Crippen molar-refractivity contribution in [2.24, 2.45) is 0 Å². The average Bonchev–Trinajstić information content (AvgIpc) is 2.96. The number of hydrogen-bond acceptors (Lipinski definition) is 5. The van der Waals surface area contributed by atoms with Crippen LogP contribution in [0.1, 0.15) is 5.69 Å². The minimum absolute atomic E-state index is 0.279. The van der Waals surface area contributed by atoms with Crippen LogP contribution in [0.2, 0.25) is 0 Å². The molecule has 1 aliphatic rings. The maximum atomic E-state index is 5.32. The van der Waals surface area contributed by atoms with E-state index in [2.05, 4.69) is 15.6 Å². The summed E-state index contributed by atoms with van der Waals surface area (Å²) in [6.45, 7) is 0.978. The SMILES string of the molecule is CNCc1cn(-c2ccc3c(c2)OCO3)nn1. The summed E-state index contributed by atoms with van der Waals surface area (Å²) in [5.74, 6) is 1.51. The quantitative estimate of drug-likeness (QED) is 0.844. The number of nitrogens with one attached hydrogen (secondary N) is 1.